The molecular formula is C14H23NO4. The van der Waals surface area contributed by atoms with E-state index in [-0.39, 0.29) is 23.4 Å². The maximum atomic E-state index is 11.6. The minimum absolute atomic E-state index is 0.0270. The zero-order valence-corrected chi connectivity index (χ0v) is 12.1. The molecule has 5 nitrogen and oxygen atoms in total. The fourth-order valence-electron chi connectivity index (χ4n) is 3.27. The molecule has 0 saturated heterocycles. The number of rotatable bonds is 3. The van der Waals surface area contributed by atoms with Gasteiger partial charge in [-0.15, -0.1) is 0 Å². The Labute approximate surface area is 114 Å². The van der Waals surface area contributed by atoms with Crippen LogP contribution in [-0.4, -0.2) is 31.3 Å². The van der Waals surface area contributed by atoms with Gasteiger partial charge in [-0.3, -0.25) is 4.79 Å². The number of esters is 1. The van der Waals surface area contributed by atoms with Crippen LogP contribution in [0.2, 0.25) is 0 Å². The van der Waals surface area contributed by atoms with E-state index < -0.39 is 5.60 Å². The number of carbonyl (C=O) groups excluding carboxylic acids is 2. The van der Waals surface area contributed by atoms with Crippen LogP contribution < -0.4 is 5.32 Å². The minimum Gasteiger partial charge on any atom is -0.469 e. The van der Waals surface area contributed by atoms with Crippen molar-refractivity contribution in [3.63, 3.8) is 0 Å². The van der Waals surface area contributed by atoms with Gasteiger partial charge in [-0.1, -0.05) is 0 Å². The van der Waals surface area contributed by atoms with Crippen molar-refractivity contribution in [1.29, 1.82) is 0 Å². The van der Waals surface area contributed by atoms with Crippen LogP contribution in [0.25, 0.3) is 0 Å². The van der Waals surface area contributed by atoms with Crippen LogP contribution in [0.4, 0.5) is 4.79 Å². The van der Waals surface area contributed by atoms with E-state index in [4.69, 9.17) is 9.47 Å². The first kappa shape index (κ1) is 14.2. The summed E-state index contributed by atoms with van der Waals surface area (Å²) in [5.74, 6) is 0.284. The molecular weight excluding hydrogens is 246 g/mol. The quantitative estimate of drug-likeness (QED) is 0.797. The van der Waals surface area contributed by atoms with Gasteiger partial charge in [0.2, 0.25) is 0 Å². The zero-order chi connectivity index (χ0) is 14.3. The number of ether oxygens (including phenoxy) is 2. The average molecular weight is 269 g/mol. The Kier molecular flexibility index (Phi) is 3.49. The second-order valence-electron chi connectivity index (χ2n) is 6.70. The van der Waals surface area contributed by atoms with E-state index in [2.05, 4.69) is 5.32 Å². The summed E-state index contributed by atoms with van der Waals surface area (Å²) in [6.07, 6.45) is 2.56. The molecule has 0 heterocycles. The van der Waals surface area contributed by atoms with Crippen molar-refractivity contribution in [2.45, 2.75) is 45.6 Å². The highest BCUT2D eigenvalue weighted by atomic mass is 16.6. The van der Waals surface area contributed by atoms with E-state index in [9.17, 15) is 9.59 Å². The van der Waals surface area contributed by atoms with Gasteiger partial charge in [0.1, 0.15) is 5.60 Å². The fraction of sp³-hybridized carbons (Fsp3) is 0.857. The van der Waals surface area contributed by atoms with Crippen LogP contribution in [0.3, 0.4) is 0 Å². The molecule has 0 aromatic rings. The lowest BCUT2D eigenvalue weighted by Crippen LogP contribution is -2.62. The summed E-state index contributed by atoms with van der Waals surface area (Å²) < 4.78 is 10.0. The van der Waals surface area contributed by atoms with Crippen molar-refractivity contribution >= 4 is 12.1 Å². The Morgan fingerprint density at radius 1 is 1.37 bits per heavy atom. The third-order valence-corrected chi connectivity index (χ3v) is 4.34. The van der Waals surface area contributed by atoms with Crippen molar-refractivity contribution in [1.82, 2.24) is 5.32 Å². The molecule has 0 aromatic carbocycles. The Morgan fingerprint density at radius 2 is 2.05 bits per heavy atom. The van der Waals surface area contributed by atoms with Crippen LogP contribution in [0, 0.1) is 17.3 Å². The summed E-state index contributed by atoms with van der Waals surface area (Å²) in [5, 5.41) is 2.83. The van der Waals surface area contributed by atoms with Crippen LogP contribution in [0.15, 0.2) is 0 Å². The van der Waals surface area contributed by atoms with Gasteiger partial charge in [0.25, 0.3) is 0 Å². The van der Waals surface area contributed by atoms with Gasteiger partial charge in [0.15, 0.2) is 0 Å². The molecule has 0 radical (unpaired) electrons. The Bertz CT molecular complexity index is 387. The lowest BCUT2D eigenvalue weighted by molar-refractivity contribution is -0.181. The van der Waals surface area contributed by atoms with Crippen molar-refractivity contribution in [3.8, 4) is 0 Å². The van der Waals surface area contributed by atoms with Crippen LogP contribution in [0.1, 0.15) is 40.0 Å². The number of hydrogen-bond donors (Lipinski definition) is 1. The van der Waals surface area contributed by atoms with Crippen molar-refractivity contribution < 1.29 is 19.1 Å². The van der Waals surface area contributed by atoms with E-state index in [0.717, 1.165) is 19.3 Å². The third kappa shape index (κ3) is 2.69. The fourth-order valence-corrected chi connectivity index (χ4v) is 3.27. The summed E-state index contributed by atoms with van der Waals surface area (Å²) in [6, 6.07) is 0. The molecule has 1 N–H and O–H groups in total. The molecule has 0 aliphatic heterocycles. The Balaban J connectivity index is 1.79. The van der Waals surface area contributed by atoms with E-state index in [1.54, 1.807) is 0 Å². The van der Waals surface area contributed by atoms with E-state index in [0.29, 0.717) is 12.5 Å². The Morgan fingerprint density at radius 3 is 2.47 bits per heavy atom. The summed E-state index contributed by atoms with van der Waals surface area (Å²) in [6.45, 7) is 6.12. The molecule has 2 fully saturated rings. The standard InChI is InChI=1S/C14H23NO4/c1-13(2,3)19-12(17)15-8-14-6-5-10(14)9(7-14)11(16)18-4/h9-10H,5-8H2,1-4H3,(H,15,17). The molecule has 2 rings (SSSR count). The van der Waals surface area contributed by atoms with Gasteiger partial charge in [-0.2, -0.15) is 0 Å². The molecule has 3 unspecified atom stereocenters. The maximum absolute atomic E-state index is 11.6. The normalized spacial score (nSPS) is 32.4. The average Bonchev–Trinajstić information content (AvgIpc) is 2.28. The van der Waals surface area contributed by atoms with Gasteiger partial charge >= 0.3 is 12.1 Å². The summed E-state index contributed by atoms with van der Waals surface area (Å²) >= 11 is 0. The Hall–Kier alpha value is -1.26. The van der Waals surface area contributed by atoms with E-state index >= 15 is 0 Å². The number of alkyl carbamates (subject to hydrolysis) is 1. The predicted molar refractivity (Wildman–Crippen MR) is 69.5 cm³/mol. The molecule has 1 amide bonds. The first-order valence-corrected chi connectivity index (χ1v) is 6.82. The number of methoxy groups -OCH3 is 1. The first-order chi connectivity index (χ1) is 8.77. The molecule has 2 aliphatic rings. The number of hydrogen-bond acceptors (Lipinski definition) is 4. The minimum atomic E-state index is -0.477. The second kappa shape index (κ2) is 4.69. The van der Waals surface area contributed by atoms with Crippen LogP contribution in [0.5, 0.6) is 0 Å². The summed E-state index contributed by atoms with van der Waals surface area (Å²) in [4.78, 5) is 23.1. The molecule has 19 heavy (non-hydrogen) atoms. The molecule has 108 valence electrons. The summed E-state index contributed by atoms with van der Waals surface area (Å²) in [7, 11) is 1.43. The molecule has 2 saturated carbocycles. The van der Waals surface area contributed by atoms with Crippen molar-refractivity contribution in [2.75, 3.05) is 13.7 Å². The van der Waals surface area contributed by atoms with Crippen LogP contribution in [-0.2, 0) is 14.3 Å². The van der Waals surface area contributed by atoms with Crippen LogP contribution >= 0.6 is 0 Å². The number of fused-ring (bicyclic) bond motifs is 1. The molecule has 5 heteroatoms. The number of nitrogens with one attached hydrogen (secondary N) is 1. The SMILES string of the molecule is COC(=O)C1CC2(CNC(=O)OC(C)(C)C)CCC12. The summed E-state index contributed by atoms with van der Waals surface area (Å²) in [5.41, 5.74) is -0.370. The van der Waals surface area contributed by atoms with Crippen molar-refractivity contribution in [2.24, 2.45) is 17.3 Å². The van der Waals surface area contributed by atoms with E-state index in [1.165, 1.54) is 7.11 Å². The van der Waals surface area contributed by atoms with Gasteiger partial charge in [-0.05, 0) is 51.4 Å². The molecule has 3 atom stereocenters. The monoisotopic (exact) mass is 269 g/mol. The molecule has 0 spiro atoms. The maximum Gasteiger partial charge on any atom is 0.407 e. The van der Waals surface area contributed by atoms with Gasteiger partial charge in [0, 0.05) is 6.54 Å². The third-order valence-electron chi connectivity index (χ3n) is 4.34. The number of carbonyl (C=O) groups is 2. The smallest absolute Gasteiger partial charge is 0.407 e. The largest absolute Gasteiger partial charge is 0.469 e. The van der Waals surface area contributed by atoms with Crippen molar-refractivity contribution in [3.05, 3.63) is 0 Å². The van der Waals surface area contributed by atoms with Gasteiger partial charge in [0.05, 0.1) is 13.0 Å². The highest BCUT2D eigenvalue weighted by molar-refractivity contribution is 5.75. The lowest BCUT2D eigenvalue weighted by Gasteiger charge is -2.62. The highest BCUT2D eigenvalue weighted by Gasteiger charge is 2.62. The van der Waals surface area contributed by atoms with E-state index in [1.807, 2.05) is 20.8 Å². The molecule has 2 aliphatic carbocycles. The molecule has 0 aromatic heterocycles. The predicted octanol–water partition coefficient (Wildman–Crippen LogP) is 2.10. The van der Waals surface area contributed by atoms with Gasteiger partial charge in [-0.25, -0.2) is 4.79 Å². The number of amides is 1. The molecule has 0 bridgehead atoms. The lowest BCUT2D eigenvalue weighted by atomic mass is 9.43. The van der Waals surface area contributed by atoms with Gasteiger partial charge < -0.3 is 14.8 Å². The zero-order valence-electron chi connectivity index (χ0n) is 12.1. The first-order valence-electron chi connectivity index (χ1n) is 6.82. The second-order valence-corrected chi connectivity index (χ2v) is 6.70. The highest BCUT2D eigenvalue weighted by Crippen LogP contribution is 2.64. The topological polar surface area (TPSA) is 64.6 Å².